The summed E-state index contributed by atoms with van der Waals surface area (Å²) in [5, 5.41) is 0. The molecule has 6 nitrogen and oxygen atoms in total. The zero-order valence-corrected chi connectivity index (χ0v) is 14.6. The van der Waals surface area contributed by atoms with Gasteiger partial charge in [-0.3, -0.25) is 0 Å². The largest absolute Gasteiger partial charge is 0.336 e. The van der Waals surface area contributed by atoms with Gasteiger partial charge in [0, 0.05) is 40.0 Å². The van der Waals surface area contributed by atoms with Crippen molar-refractivity contribution < 1.29 is 18.9 Å². The van der Waals surface area contributed by atoms with Crippen LogP contribution in [0.15, 0.2) is 0 Å². The highest BCUT2D eigenvalue weighted by Crippen LogP contribution is 2.28. The lowest BCUT2D eigenvalue weighted by atomic mass is 10.4. The fourth-order valence-electron chi connectivity index (χ4n) is 2.87. The van der Waals surface area contributed by atoms with Crippen LogP contribution in [0.25, 0.3) is 0 Å². The number of nitrogens with zero attached hydrogens (tertiary/aromatic N) is 2. The molecule has 0 radical (unpaired) electrons. The lowest BCUT2D eigenvalue weighted by molar-refractivity contribution is -0.217. The first kappa shape index (κ1) is 18.1. The van der Waals surface area contributed by atoms with E-state index < -0.39 is 0 Å². The van der Waals surface area contributed by atoms with Crippen molar-refractivity contribution in [1.82, 2.24) is 9.80 Å². The van der Waals surface area contributed by atoms with Crippen LogP contribution in [0.3, 0.4) is 0 Å². The van der Waals surface area contributed by atoms with E-state index >= 15 is 0 Å². The van der Waals surface area contributed by atoms with Gasteiger partial charge < -0.3 is 18.9 Å². The average Bonchev–Trinajstić information content (AvgIpc) is 3.19. The molecule has 0 saturated carbocycles. The molecule has 0 aromatic heterocycles. The van der Waals surface area contributed by atoms with Crippen molar-refractivity contribution in [1.29, 1.82) is 0 Å². The van der Waals surface area contributed by atoms with E-state index in [0.717, 1.165) is 52.6 Å². The van der Waals surface area contributed by atoms with Crippen LogP contribution in [0, 0.1) is 0 Å². The molecule has 4 aliphatic heterocycles. The first-order valence-corrected chi connectivity index (χ1v) is 8.60. The van der Waals surface area contributed by atoms with Gasteiger partial charge in [-0.15, -0.1) is 0 Å². The number of ether oxygens (including phenoxy) is 4. The van der Waals surface area contributed by atoms with Gasteiger partial charge in [0.15, 0.2) is 0 Å². The maximum Gasteiger partial charge on any atom is 0.227 e. The molecule has 130 valence electrons. The molecule has 0 atom stereocenters. The summed E-state index contributed by atoms with van der Waals surface area (Å²) in [5.41, 5.74) is 0. The Labute approximate surface area is 134 Å². The second-order valence-corrected chi connectivity index (χ2v) is 6.16. The van der Waals surface area contributed by atoms with Crippen molar-refractivity contribution in [3.63, 3.8) is 0 Å². The minimum atomic E-state index is -0.361. The van der Waals surface area contributed by atoms with E-state index in [1.165, 1.54) is 12.8 Å². The third-order valence-electron chi connectivity index (χ3n) is 4.57. The van der Waals surface area contributed by atoms with E-state index in [0.29, 0.717) is 0 Å². The molecule has 0 aromatic rings. The van der Waals surface area contributed by atoms with Gasteiger partial charge in [-0.1, -0.05) is 26.7 Å². The van der Waals surface area contributed by atoms with Gasteiger partial charge in [0.1, 0.15) is 0 Å². The molecular formula is C16H32N2O4. The van der Waals surface area contributed by atoms with E-state index in [1.807, 2.05) is 13.8 Å². The fraction of sp³-hybridized carbons (Fsp3) is 1.00. The van der Waals surface area contributed by atoms with Gasteiger partial charge in [-0.25, -0.2) is 9.80 Å². The molecule has 0 aliphatic carbocycles. The van der Waals surface area contributed by atoms with Gasteiger partial charge in [0.05, 0.1) is 26.4 Å². The molecule has 4 saturated heterocycles. The monoisotopic (exact) mass is 316 g/mol. The SMILES string of the molecule is CC12OCCN1CCO2.CC12OCCN1CCO2.CCCC. The standard InChI is InChI=1S/2C6H11NO2.C4H10/c2*1-6-7(2-4-8-6)3-5-9-6;1-3-4-2/h2*2-5H2,1H3;3-4H2,1-2H3. The van der Waals surface area contributed by atoms with Gasteiger partial charge in [0.2, 0.25) is 11.8 Å². The molecule has 0 amide bonds. The summed E-state index contributed by atoms with van der Waals surface area (Å²) in [6, 6.07) is 0. The van der Waals surface area contributed by atoms with Crippen molar-refractivity contribution in [2.75, 3.05) is 52.6 Å². The van der Waals surface area contributed by atoms with Crippen LogP contribution >= 0.6 is 0 Å². The van der Waals surface area contributed by atoms with Crippen LogP contribution in [-0.4, -0.2) is 74.2 Å². The van der Waals surface area contributed by atoms with Crippen molar-refractivity contribution in [3.8, 4) is 0 Å². The first-order chi connectivity index (χ1) is 10.5. The first-order valence-electron chi connectivity index (χ1n) is 8.60. The van der Waals surface area contributed by atoms with E-state index in [1.54, 1.807) is 0 Å². The van der Waals surface area contributed by atoms with E-state index in [-0.39, 0.29) is 11.8 Å². The highest BCUT2D eigenvalue weighted by atomic mass is 16.7. The molecule has 22 heavy (non-hydrogen) atoms. The van der Waals surface area contributed by atoms with Gasteiger partial charge in [-0.05, 0) is 0 Å². The van der Waals surface area contributed by atoms with Gasteiger partial charge in [-0.2, -0.15) is 0 Å². The molecule has 0 bridgehead atoms. The highest BCUT2D eigenvalue weighted by molar-refractivity contribution is 4.79. The van der Waals surface area contributed by atoms with Crippen molar-refractivity contribution >= 4 is 0 Å². The molecule has 6 heteroatoms. The van der Waals surface area contributed by atoms with Crippen LogP contribution in [-0.2, 0) is 18.9 Å². The van der Waals surface area contributed by atoms with Gasteiger partial charge in [0.25, 0.3) is 0 Å². The summed E-state index contributed by atoms with van der Waals surface area (Å²) < 4.78 is 21.5. The third-order valence-corrected chi connectivity index (χ3v) is 4.57. The molecule has 4 aliphatic rings. The van der Waals surface area contributed by atoms with Crippen LogP contribution in [0.2, 0.25) is 0 Å². The summed E-state index contributed by atoms with van der Waals surface area (Å²) in [6.07, 6.45) is 2.64. The average molecular weight is 316 g/mol. The Bertz CT molecular complexity index is 288. The molecule has 4 fully saturated rings. The summed E-state index contributed by atoms with van der Waals surface area (Å²) in [6.45, 7) is 15.7. The Morgan fingerprint density at radius 1 is 0.636 bits per heavy atom. The summed E-state index contributed by atoms with van der Waals surface area (Å²) in [7, 11) is 0. The molecule has 4 rings (SSSR count). The Kier molecular flexibility index (Phi) is 6.61. The smallest absolute Gasteiger partial charge is 0.227 e. The Hall–Kier alpha value is -0.240. The molecule has 0 spiro atoms. The number of unbranched alkanes of at least 4 members (excludes halogenated alkanes) is 1. The van der Waals surface area contributed by atoms with Crippen molar-refractivity contribution in [2.45, 2.75) is 52.4 Å². The number of fused-ring (bicyclic) bond motifs is 2. The minimum absolute atomic E-state index is 0.361. The Morgan fingerprint density at radius 2 is 0.909 bits per heavy atom. The Morgan fingerprint density at radius 3 is 1.09 bits per heavy atom. The quantitative estimate of drug-likeness (QED) is 0.735. The maximum atomic E-state index is 5.37. The Balaban J connectivity index is 0.000000131. The third kappa shape index (κ3) is 4.19. The number of hydrogen-bond donors (Lipinski definition) is 0. The normalized spacial score (nSPS) is 28.4. The number of rotatable bonds is 1. The number of hydrogen-bond acceptors (Lipinski definition) is 6. The molecular weight excluding hydrogens is 284 g/mol. The lowest BCUT2D eigenvalue weighted by Crippen LogP contribution is -2.36. The molecule has 0 aromatic carbocycles. The predicted molar refractivity (Wildman–Crippen MR) is 84.3 cm³/mol. The zero-order chi connectivity index (χ0) is 16.1. The van der Waals surface area contributed by atoms with E-state index in [9.17, 15) is 0 Å². The summed E-state index contributed by atoms with van der Waals surface area (Å²) in [4.78, 5) is 4.43. The van der Waals surface area contributed by atoms with Crippen LogP contribution in [0.1, 0.15) is 40.5 Å². The van der Waals surface area contributed by atoms with Crippen LogP contribution in [0.5, 0.6) is 0 Å². The predicted octanol–water partition coefficient (Wildman–Crippen LogP) is 1.85. The van der Waals surface area contributed by atoms with Crippen LogP contribution < -0.4 is 0 Å². The summed E-state index contributed by atoms with van der Waals surface area (Å²) >= 11 is 0. The topological polar surface area (TPSA) is 43.4 Å². The maximum absolute atomic E-state index is 5.37. The van der Waals surface area contributed by atoms with Crippen molar-refractivity contribution in [3.05, 3.63) is 0 Å². The second kappa shape index (κ2) is 8.04. The molecule has 0 N–H and O–H groups in total. The molecule has 4 heterocycles. The molecule has 0 unspecified atom stereocenters. The lowest BCUT2D eigenvalue weighted by Gasteiger charge is -2.23. The minimum Gasteiger partial charge on any atom is -0.336 e. The van der Waals surface area contributed by atoms with Crippen molar-refractivity contribution in [2.24, 2.45) is 0 Å². The van der Waals surface area contributed by atoms with Crippen LogP contribution in [0.4, 0.5) is 0 Å². The second-order valence-electron chi connectivity index (χ2n) is 6.16. The zero-order valence-electron chi connectivity index (χ0n) is 14.6. The van der Waals surface area contributed by atoms with Gasteiger partial charge >= 0.3 is 0 Å². The summed E-state index contributed by atoms with van der Waals surface area (Å²) in [5.74, 6) is -0.722. The van der Waals surface area contributed by atoms with E-state index in [2.05, 4.69) is 23.6 Å². The van der Waals surface area contributed by atoms with E-state index in [4.69, 9.17) is 18.9 Å². The highest BCUT2D eigenvalue weighted by Gasteiger charge is 2.43. The fourth-order valence-corrected chi connectivity index (χ4v) is 2.87.